The number of hydrogen-bond acceptors (Lipinski definition) is 3. The Balaban J connectivity index is 1.78. The van der Waals surface area contributed by atoms with Gasteiger partial charge >= 0.3 is 0 Å². The smallest absolute Gasteiger partial charge is 0.0914 e. The average Bonchev–Trinajstić information content (AvgIpc) is 2.49. The van der Waals surface area contributed by atoms with Gasteiger partial charge < -0.3 is 15.2 Å². The number of nitrogens with one attached hydrogen (secondary N) is 1. The minimum Gasteiger partial charge on any atom is -0.387 e. The maximum Gasteiger partial charge on any atom is 0.0914 e. The second kappa shape index (κ2) is 8.13. The summed E-state index contributed by atoms with van der Waals surface area (Å²) in [5.74, 6) is 0.563. The van der Waals surface area contributed by atoms with E-state index in [0.717, 1.165) is 24.1 Å². The Morgan fingerprint density at radius 1 is 1.10 bits per heavy atom. The number of hydrogen-bond donors (Lipinski definition) is 2. The Bertz CT molecular complexity index is 554. The zero-order chi connectivity index (χ0) is 15.1. The van der Waals surface area contributed by atoms with Crippen LogP contribution in [-0.2, 0) is 4.74 Å². The molecule has 2 aromatic rings. The van der Waals surface area contributed by atoms with Gasteiger partial charge in [0.15, 0.2) is 0 Å². The lowest BCUT2D eigenvalue weighted by Gasteiger charge is -2.13. The summed E-state index contributed by atoms with van der Waals surface area (Å²) >= 11 is 0. The highest BCUT2D eigenvalue weighted by atomic mass is 16.5. The molecule has 0 radical (unpaired) electrons. The second-order valence-corrected chi connectivity index (χ2v) is 5.80. The topological polar surface area (TPSA) is 41.5 Å². The summed E-state index contributed by atoms with van der Waals surface area (Å²) in [4.78, 5) is 0. The van der Waals surface area contributed by atoms with Crippen LogP contribution in [0.1, 0.15) is 25.5 Å². The monoisotopic (exact) mass is 287 g/mol. The van der Waals surface area contributed by atoms with Crippen LogP contribution in [0.25, 0.3) is 10.8 Å². The first kappa shape index (κ1) is 16.0. The van der Waals surface area contributed by atoms with Crippen LogP contribution in [0.2, 0.25) is 0 Å². The summed E-state index contributed by atoms with van der Waals surface area (Å²) < 4.78 is 5.50. The van der Waals surface area contributed by atoms with Crippen molar-refractivity contribution in [3.05, 3.63) is 48.0 Å². The molecule has 0 aliphatic heterocycles. The fraction of sp³-hybridized carbons (Fsp3) is 0.444. The van der Waals surface area contributed by atoms with Crippen molar-refractivity contribution >= 4 is 10.8 Å². The molecule has 0 aliphatic carbocycles. The molecule has 114 valence electrons. The predicted octanol–water partition coefficient (Wildman–Crippen LogP) is 3.14. The number of benzene rings is 2. The van der Waals surface area contributed by atoms with Gasteiger partial charge in [-0.05, 0) is 28.3 Å². The van der Waals surface area contributed by atoms with Crippen molar-refractivity contribution in [2.75, 3.05) is 26.3 Å². The third-order valence-corrected chi connectivity index (χ3v) is 3.37. The molecular weight excluding hydrogens is 262 g/mol. The lowest BCUT2D eigenvalue weighted by molar-refractivity contribution is 0.107. The standard InChI is InChI=1S/C18H25NO2/c1-14(2)13-21-10-9-19-12-18(20)17-8-7-15-5-3-4-6-16(15)11-17/h3-8,11,14,18-20H,9-10,12-13H2,1-2H3. The third kappa shape index (κ3) is 5.12. The molecule has 0 bridgehead atoms. The number of ether oxygens (including phenoxy) is 1. The van der Waals surface area contributed by atoms with E-state index in [1.165, 1.54) is 5.39 Å². The van der Waals surface area contributed by atoms with Crippen LogP contribution in [0, 0.1) is 5.92 Å². The molecule has 0 aromatic heterocycles. The summed E-state index contributed by atoms with van der Waals surface area (Å²) in [6.07, 6.45) is -0.486. The van der Waals surface area contributed by atoms with Gasteiger partial charge in [0.1, 0.15) is 0 Å². The van der Waals surface area contributed by atoms with Crippen LogP contribution in [0.4, 0.5) is 0 Å². The zero-order valence-corrected chi connectivity index (χ0v) is 12.9. The summed E-state index contributed by atoms with van der Waals surface area (Å²) in [6, 6.07) is 14.3. The van der Waals surface area contributed by atoms with Gasteiger partial charge in [0.25, 0.3) is 0 Å². The van der Waals surface area contributed by atoms with Gasteiger partial charge in [-0.25, -0.2) is 0 Å². The van der Waals surface area contributed by atoms with E-state index in [9.17, 15) is 5.11 Å². The maximum absolute atomic E-state index is 10.2. The lowest BCUT2D eigenvalue weighted by Crippen LogP contribution is -2.25. The molecule has 0 saturated heterocycles. The summed E-state index contributed by atoms with van der Waals surface area (Å²) in [5, 5.41) is 15.8. The van der Waals surface area contributed by atoms with Crippen molar-refractivity contribution < 1.29 is 9.84 Å². The molecule has 1 unspecified atom stereocenters. The Hall–Kier alpha value is -1.42. The van der Waals surface area contributed by atoms with Crippen molar-refractivity contribution in [1.82, 2.24) is 5.32 Å². The lowest BCUT2D eigenvalue weighted by atomic mass is 10.0. The van der Waals surface area contributed by atoms with Gasteiger partial charge in [-0.15, -0.1) is 0 Å². The van der Waals surface area contributed by atoms with E-state index in [4.69, 9.17) is 4.74 Å². The van der Waals surface area contributed by atoms with Gasteiger partial charge in [0.05, 0.1) is 12.7 Å². The highest BCUT2D eigenvalue weighted by Gasteiger charge is 2.07. The van der Waals surface area contributed by atoms with Gasteiger partial charge in [-0.3, -0.25) is 0 Å². The third-order valence-electron chi connectivity index (χ3n) is 3.37. The van der Waals surface area contributed by atoms with E-state index >= 15 is 0 Å². The molecule has 2 N–H and O–H groups in total. The largest absolute Gasteiger partial charge is 0.387 e. The molecule has 0 amide bonds. The highest BCUT2D eigenvalue weighted by Crippen LogP contribution is 2.19. The average molecular weight is 287 g/mol. The normalized spacial score (nSPS) is 13.0. The number of rotatable bonds is 8. The van der Waals surface area contributed by atoms with Gasteiger partial charge in [-0.1, -0.05) is 50.2 Å². The van der Waals surface area contributed by atoms with Crippen molar-refractivity contribution in [2.24, 2.45) is 5.92 Å². The fourth-order valence-corrected chi connectivity index (χ4v) is 2.24. The quantitative estimate of drug-likeness (QED) is 0.733. The second-order valence-electron chi connectivity index (χ2n) is 5.80. The molecule has 21 heavy (non-hydrogen) atoms. The summed E-state index contributed by atoms with van der Waals surface area (Å²) in [7, 11) is 0. The van der Waals surface area contributed by atoms with E-state index < -0.39 is 6.10 Å². The SMILES string of the molecule is CC(C)COCCNCC(O)c1ccc2ccccc2c1. The van der Waals surface area contributed by atoms with E-state index in [2.05, 4.69) is 43.4 Å². The first-order chi connectivity index (χ1) is 10.2. The molecule has 3 nitrogen and oxygen atoms in total. The highest BCUT2D eigenvalue weighted by molar-refractivity contribution is 5.83. The Labute approximate surface area is 126 Å². The Kier molecular flexibility index (Phi) is 6.18. The molecule has 0 spiro atoms. The minimum atomic E-state index is -0.486. The van der Waals surface area contributed by atoms with E-state index in [1.54, 1.807) is 0 Å². The molecule has 0 aliphatic rings. The van der Waals surface area contributed by atoms with E-state index in [0.29, 0.717) is 19.1 Å². The molecule has 0 heterocycles. The fourth-order valence-electron chi connectivity index (χ4n) is 2.24. The number of aliphatic hydroxyl groups is 1. The van der Waals surface area contributed by atoms with E-state index in [-0.39, 0.29) is 0 Å². The van der Waals surface area contributed by atoms with E-state index in [1.807, 2.05) is 18.2 Å². The van der Waals surface area contributed by atoms with Crippen LogP contribution >= 0.6 is 0 Å². The minimum absolute atomic E-state index is 0.486. The molecule has 3 heteroatoms. The Morgan fingerprint density at radius 3 is 2.62 bits per heavy atom. The molecule has 0 fully saturated rings. The zero-order valence-electron chi connectivity index (χ0n) is 12.9. The molecular formula is C18H25NO2. The predicted molar refractivity (Wildman–Crippen MR) is 87.4 cm³/mol. The van der Waals surface area contributed by atoms with Crippen LogP contribution < -0.4 is 5.32 Å². The van der Waals surface area contributed by atoms with Gasteiger partial charge in [0.2, 0.25) is 0 Å². The first-order valence-corrected chi connectivity index (χ1v) is 7.62. The van der Waals surface area contributed by atoms with Crippen molar-refractivity contribution in [3.63, 3.8) is 0 Å². The van der Waals surface area contributed by atoms with Gasteiger partial charge in [-0.2, -0.15) is 0 Å². The summed E-state index contributed by atoms with van der Waals surface area (Å²) in [5.41, 5.74) is 0.948. The van der Waals surface area contributed by atoms with Crippen molar-refractivity contribution in [2.45, 2.75) is 20.0 Å². The molecule has 2 aromatic carbocycles. The van der Waals surface area contributed by atoms with Crippen LogP contribution in [-0.4, -0.2) is 31.4 Å². The Morgan fingerprint density at radius 2 is 1.86 bits per heavy atom. The van der Waals surface area contributed by atoms with Crippen LogP contribution in [0.3, 0.4) is 0 Å². The van der Waals surface area contributed by atoms with Crippen LogP contribution in [0.5, 0.6) is 0 Å². The first-order valence-electron chi connectivity index (χ1n) is 7.62. The molecule has 1 atom stereocenters. The maximum atomic E-state index is 10.2. The number of aliphatic hydroxyl groups excluding tert-OH is 1. The molecule has 0 saturated carbocycles. The summed E-state index contributed by atoms with van der Waals surface area (Å²) in [6.45, 7) is 7.05. The van der Waals surface area contributed by atoms with Gasteiger partial charge in [0, 0.05) is 19.7 Å². The van der Waals surface area contributed by atoms with Crippen LogP contribution in [0.15, 0.2) is 42.5 Å². The van der Waals surface area contributed by atoms with Crippen molar-refractivity contribution in [3.8, 4) is 0 Å². The van der Waals surface area contributed by atoms with Crippen molar-refractivity contribution in [1.29, 1.82) is 0 Å². The number of fused-ring (bicyclic) bond motifs is 1. The molecule has 2 rings (SSSR count).